The topological polar surface area (TPSA) is 95.1 Å². The van der Waals surface area contributed by atoms with Crippen LogP contribution in [0, 0.1) is 0 Å². The Kier molecular flexibility index (Phi) is 4.38. The van der Waals surface area contributed by atoms with Gasteiger partial charge in [-0.15, -0.1) is 0 Å². The van der Waals surface area contributed by atoms with Gasteiger partial charge in [-0.2, -0.15) is 11.8 Å². The van der Waals surface area contributed by atoms with E-state index in [4.69, 9.17) is 0 Å². The average molecular weight is 315 g/mol. The minimum absolute atomic E-state index is 0.0386. The van der Waals surface area contributed by atoms with Crippen LogP contribution in [0.5, 0.6) is 0 Å². The number of aromatic amines is 1. The SMILES string of the molecule is CSCC(C)(O)CNS(=O)(=O)c1c[nH]c2ncccc12. The molecule has 8 heteroatoms. The lowest BCUT2D eigenvalue weighted by molar-refractivity contribution is 0.0909. The number of hydrogen-bond acceptors (Lipinski definition) is 5. The first kappa shape index (κ1) is 15.3. The van der Waals surface area contributed by atoms with E-state index in [-0.39, 0.29) is 11.4 Å². The summed E-state index contributed by atoms with van der Waals surface area (Å²) in [6, 6.07) is 3.37. The number of pyridine rings is 1. The molecule has 0 aliphatic carbocycles. The number of nitrogens with one attached hydrogen (secondary N) is 2. The van der Waals surface area contributed by atoms with Crippen LogP contribution >= 0.6 is 11.8 Å². The van der Waals surface area contributed by atoms with E-state index in [2.05, 4.69) is 14.7 Å². The molecule has 2 heterocycles. The van der Waals surface area contributed by atoms with Crippen molar-refractivity contribution in [1.82, 2.24) is 14.7 Å². The normalized spacial score (nSPS) is 15.3. The van der Waals surface area contributed by atoms with Crippen molar-refractivity contribution in [2.45, 2.75) is 17.4 Å². The summed E-state index contributed by atoms with van der Waals surface area (Å²) in [6.07, 6.45) is 4.85. The highest BCUT2D eigenvalue weighted by Gasteiger charge is 2.25. The fraction of sp³-hybridized carbons (Fsp3) is 0.417. The van der Waals surface area contributed by atoms with Crippen molar-refractivity contribution in [2.24, 2.45) is 0 Å². The van der Waals surface area contributed by atoms with Crippen LogP contribution in [0.1, 0.15) is 6.92 Å². The summed E-state index contributed by atoms with van der Waals surface area (Å²) in [5, 5.41) is 10.6. The summed E-state index contributed by atoms with van der Waals surface area (Å²) < 4.78 is 27.0. The molecule has 0 aromatic carbocycles. The van der Waals surface area contributed by atoms with Gasteiger partial charge in [0.05, 0.1) is 5.60 Å². The molecule has 0 aliphatic rings. The van der Waals surface area contributed by atoms with Crippen LogP contribution < -0.4 is 4.72 Å². The zero-order chi connectivity index (χ0) is 14.8. The van der Waals surface area contributed by atoms with Crippen molar-refractivity contribution in [2.75, 3.05) is 18.6 Å². The van der Waals surface area contributed by atoms with Crippen LogP contribution in [0.2, 0.25) is 0 Å². The second-order valence-corrected chi connectivity index (χ2v) is 7.41. The molecule has 110 valence electrons. The van der Waals surface area contributed by atoms with E-state index in [9.17, 15) is 13.5 Å². The summed E-state index contributed by atoms with van der Waals surface area (Å²) in [4.78, 5) is 7.01. The van der Waals surface area contributed by atoms with Crippen molar-refractivity contribution in [3.63, 3.8) is 0 Å². The van der Waals surface area contributed by atoms with Crippen LogP contribution in [-0.4, -0.2) is 47.6 Å². The van der Waals surface area contributed by atoms with E-state index in [1.54, 1.807) is 25.3 Å². The summed E-state index contributed by atoms with van der Waals surface area (Å²) in [5.41, 5.74) is -0.569. The molecule has 2 aromatic heterocycles. The monoisotopic (exact) mass is 315 g/mol. The van der Waals surface area contributed by atoms with Crippen molar-refractivity contribution in [3.8, 4) is 0 Å². The fourth-order valence-electron chi connectivity index (χ4n) is 1.84. The lowest BCUT2D eigenvalue weighted by atomic mass is 10.1. The van der Waals surface area contributed by atoms with Crippen molar-refractivity contribution < 1.29 is 13.5 Å². The molecule has 1 atom stereocenters. The van der Waals surface area contributed by atoms with Gasteiger partial charge < -0.3 is 10.1 Å². The smallest absolute Gasteiger partial charge is 0.242 e. The average Bonchev–Trinajstić information content (AvgIpc) is 2.81. The van der Waals surface area contributed by atoms with E-state index in [1.807, 2.05) is 6.26 Å². The van der Waals surface area contributed by atoms with E-state index in [0.29, 0.717) is 16.8 Å². The molecule has 3 N–H and O–H groups in total. The summed E-state index contributed by atoms with van der Waals surface area (Å²) in [7, 11) is -3.69. The number of aliphatic hydroxyl groups is 1. The number of sulfonamides is 1. The third-order valence-corrected chi connectivity index (χ3v) is 5.15. The Morgan fingerprint density at radius 3 is 3.00 bits per heavy atom. The molecule has 2 aromatic rings. The van der Waals surface area contributed by atoms with Gasteiger partial charge in [0, 0.05) is 30.1 Å². The van der Waals surface area contributed by atoms with Gasteiger partial charge >= 0.3 is 0 Å². The van der Waals surface area contributed by atoms with Gasteiger partial charge in [-0.25, -0.2) is 18.1 Å². The molecule has 0 spiro atoms. The second-order valence-electron chi connectivity index (χ2n) is 4.81. The molecule has 0 saturated heterocycles. The molecule has 0 aliphatic heterocycles. The number of H-pyrrole nitrogens is 1. The van der Waals surface area contributed by atoms with Crippen LogP contribution in [0.3, 0.4) is 0 Å². The summed E-state index contributed by atoms with van der Waals surface area (Å²) in [5.74, 6) is 0.449. The molecule has 0 amide bonds. The van der Waals surface area contributed by atoms with Gasteiger partial charge in [-0.1, -0.05) is 0 Å². The number of thioether (sulfide) groups is 1. The van der Waals surface area contributed by atoms with E-state index < -0.39 is 15.6 Å². The predicted octanol–water partition coefficient (Wildman–Crippen LogP) is 0.955. The highest BCUT2D eigenvalue weighted by atomic mass is 32.2. The fourth-order valence-corrected chi connectivity index (χ4v) is 3.89. The largest absolute Gasteiger partial charge is 0.388 e. The molecule has 0 fully saturated rings. The van der Waals surface area contributed by atoms with Gasteiger partial charge in [-0.3, -0.25) is 0 Å². The molecule has 0 radical (unpaired) electrons. The van der Waals surface area contributed by atoms with E-state index in [0.717, 1.165) is 0 Å². The summed E-state index contributed by atoms with van der Waals surface area (Å²) in [6.45, 7) is 1.56. The third kappa shape index (κ3) is 3.32. The number of aromatic nitrogens is 2. The number of hydrogen-bond donors (Lipinski definition) is 3. The van der Waals surface area contributed by atoms with E-state index in [1.165, 1.54) is 18.0 Å². The first-order valence-corrected chi connectivity index (χ1v) is 8.86. The highest BCUT2D eigenvalue weighted by molar-refractivity contribution is 7.98. The van der Waals surface area contributed by atoms with Gasteiger partial charge in [0.25, 0.3) is 0 Å². The molecule has 2 rings (SSSR count). The van der Waals surface area contributed by atoms with Gasteiger partial charge in [0.15, 0.2) is 0 Å². The highest BCUT2D eigenvalue weighted by Crippen LogP contribution is 2.21. The minimum Gasteiger partial charge on any atom is -0.388 e. The van der Waals surface area contributed by atoms with Crippen LogP contribution in [0.25, 0.3) is 11.0 Å². The predicted molar refractivity (Wildman–Crippen MR) is 80.3 cm³/mol. The van der Waals surface area contributed by atoms with Crippen molar-refractivity contribution >= 4 is 32.8 Å². The Morgan fingerprint density at radius 2 is 2.30 bits per heavy atom. The maximum Gasteiger partial charge on any atom is 0.242 e. The van der Waals surface area contributed by atoms with Crippen LogP contribution in [-0.2, 0) is 10.0 Å². The Bertz CT molecular complexity index is 695. The van der Waals surface area contributed by atoms with Crippen molar-refractivity contribution in [3.05, 3.63) is 24.5 Å². The number of fused-ring (bicyclic) bond motifs is 1. The quantitative estimate of drug-likeness (QED) is 0.738. The lowest BCUT2D eigenvalue weighted by Crippen LogP contribution is -2.42. The van der Waals surface area contributed by atoms with Crippen LogP contribution in [0.15, 0.2) is 29.4 Å². The molecular weight excluding hydrogens is 298 g/mol. The lowest BCUT2D eigenvalue weighted by Gasteiger charge is -2.22. The standard InChI is InChI=1S/C12H17N3O3S2/c1-12(16,8-19-2)7-15-20(17,18)10-6-14-11-9(10)4-3-5-13-11/h3-6,15-16H,7-8H2,1-2H3,(H,13,14). The Morgan fingerprint density at radius 1 is 1.55 bits per heavy atom. The second kappa shape index (κ2) is 5.72. The third-order valence-electron chi connectivity index (χ3n) is 2.80. The number of rotatable bonds is 6. The molecular formula is C12H17N3O3S2. The van der Waals surface area contributed by atoms with Crippen LogP contribution in [0.4, 0.5) is 0 Å². The molecule has 20 heavy (non-hydrogen) atoms. The first-order valence-electron chi connectivity index (χ1n) is 5.99. The Labute approximate surface area is 122 Å². The Balaban J connectivity index is 2.23. The maximum absolute atomic E-state index is 12.3. The van der Waals surface area contributed by atoms with Crippen molar-refractivity contribution in [1.29, 1.82) is 0 Å². The van der Waals surface area contributed by atoms with Gasteiger partial charge in [0.2, 0.25) is 10.0 Å². The zero-order valence-electron chi connectivity index (χ0n) is 11.3. The molecule has 6 nitrogen and oxygen atoms in total. The Hall–Kier alpha value is -1.09. The maximum atomic E-state index is 12.3. The van der Waals surface area contributed by atoms with Gasteiger partial charge in [-0.05, 0) is 25.3 Å². The molecule has 0 saturated carbocycles. The zero-order valence-corrected chi connectivity index (χ0v) is 12.9. The summed E-state index contributed by atoms with van der Waals surface area (Å²) >= 11 is 1.46. The minimum atomic E-state index is -3.69. The van der Waals surface area contributed by atoms with E-state index >= 15 is 0 Å². The molecule has 0 bridgehead atoms. The molecule has 1 unspecified atom stereocenters. The van der Waals surface area contributed by atoms with Gasteiger partial charge in [0.1, 0.15) is 10.5 Å². The number of nitrogens with zero attached hydrogens (tertiary/aromatic N) is 1. The first-order chi connectivity index (χ1) is 9.36.